The molecule has 21 heavy (non-hydrogen) atoms. The summed E-state index contributed by atoms with van der Waals surface area (Å²) >= 11 is 11.0. The molecule has 2 heterocycles. The van der Waals surface area contributed by atoms with E-state index < -0.39 is 0 Å². The van der Waals surface area contributed by atoms with Gasteiger partial charge in [-0.25, -0.2) is 5.01 Å². The molecule has 106 valence electrons. The van der Waals surface area contributed by atoms with E-state index in [0.717, 1.165) is 23.3 Å². The number of hydrazone groups is 1. The van der Waals surface area contributed by atoms with E-state index in [9.17, 15) is 0 Å². The molecule has 0 aliphatic carbocycles. The number of hydrogen-bond acceptors (Lipinski definition) is 3. The standard InChI is InChI=1S/C15H13ClN4S/c16-12-5-3-10(4-6-12)13-8-14(20(19-13)15(17)21)11-2-1-7-18-9-11/h1-7,9,14H,8H2,(H2,17,21)/t14-/m1/s1. The molecule has 1 atom stereocenters. The molecule has 2 aromatic rings. The number of rotatable bonds is 2. The van der Waals surface area contributed by atoms with Gasteiger partial charge >= 0.3 is 0 Å². The third-order valence-electron chi connectivity index (χ3n) is 3.38. The Morgan fingerprint density at radius 3 is 2.67 bits per heavy atom. The number of nitrogens with zero attached hydrogens (tertiary/aromatic N) is 3. The summed E-state index contributed by atoms with van der Waals surface area (Å²) in [4.78, 5) is 4.15. The highest BCUT2D eigenvalue weighted by atomic mass is 35.5. The normalized spacial score (nSPS) is 17.7. The molecule has 1 aromatic heterocycles. The Labute approximate surface area is 133 Å². The van der Waals surface area contributed by atoms with Crippen LogP contribution in [0.4, 0.5) is 0 Å². The third-order valence-corrected chi connectivity index (χ3v) is 3.82. The summed E-state index contributed by atoms with van der Waals surface area (Å²) in [7, 11) is 0. The lowest BCUT2D eigenvalue weighted by Gasteiger charge is -2.21. The highest BCUT2D eigenvalue weighted by Gasteiger charge is 2.30. The first kappa shape index (κ1) is 14.0. The average Bonchev–Trinajstić information content (AvgIpc) is 2.94. The molecule has 0 fully saturated rings. The molecule has 0 unspecified atom stereocenters. The molecule has 0 radical (unpaired) electrons. The van der Waals surface area contributed by atoms with E-state index in [1.807, 2.05) is 42.6 Å². The molecular weight excluding hydrogens is 304 g/mol. The van der Waals surface area contributed by atoms with Gasteiger partial charge in [0.05, 0.1) is 11.8 Å². The number of pyridine rings is 1. The number of thiocarbonyl (C=S) groups is 1. The maximum Gasteiger partial charge on any atom is 0.187 e. The van der Waals surface area contributed by atoms with Gasteiger partial charge in [-0.15, -0.1) is 0 Å². The van der Waals surface area contributed by atoms with Crippen molar-refractivity contribution < 1.29 is 0 Å². The molecule has 0 amide bonds. The third kappa shape index (κ3) is 2.89. The monoisotopic (exact) mass is 316 g/mol. The van der Waals surface area contributed by atoms with Gasteiger partial charge in [0, 0.05) is 23.8 Å². The van der Waals surface area contributed by atoms with E-state index in [0.29, 0.717) is 5.02 Å². The second-order valence-corrected chi connectivity index (χ2v) is 5.60. The van der Waals surface area contributed by atoms with Gasteiger partial charge in [-0.3, -0.25) is 4.98 Å². The topological polar surface area (TPSA) is 54.5 Å². The van der Waals surface area contributed by atoms with Crippen LogP contribution in [0.3, 0.4) is 0 Å². The molecule has 0 spiro atoms. The number of aromatic nitrogens is 1. The minimum absolute atomic E-state index is 0.0121. The van der Waals surface area contributed by atoms with Crippen molar-refractivity contribution in [3.05, 3.63) is 64.9 Å². The van der Waals surface area contributed by atoms with Gasteiger partial charge in [-0.1, -0.05) is 29.8 Å². The van der Waals surface area contributed by atoms with E-state index in [1.165, 1.54) is 0 Å². The quantitative estimate of drug-likeness (QED) is 0.865. The number of hydrogen-bond donors (Lipinski definition) is 1. The molecule has 4 nitrogen and oxygen atoms in total. The maximum absolute atomic E-state index is 5.92. The van der Waals surface area contributed by atoms with Crippen LogP contribution in [0.5, 0.6) is 0 Å². The minimum atomic E-state index is -0.0121. The van der Waals surface area contributed by atoms with Gasteiger partial charge in [0.2, 0.25) is 0 Å². The predicted molar refractivity (Wildman–Crippen MR) is 88.2 cm³/mol. The highest BCUT2D eigenvalue weighted by Crippen LogP contribution is 2.32. The fourth-order valence-electron chi connectivity index (χ4n) is 2.36. The number of nitrogens with two attached hydrogens (primary N) is 1. The van der Waals surface area contributed by atoms with Gasteiger partial charge in [0.1, 0.15) is 0 Å². The van der Waals surface area contributed by atoms with Crippen LogP contribution in [0.2, 0.25) is 5.02 Å². The van der Waals surface area contributed by atoms with E-state index in [1.54, 1.807) is 11.2 Å². The molecule has 1 aliphatic rings. The van der Waals surface area contributed by atoms with Crippen LogP contribution in [-0.2, 0) is 0 Å². The highest BCUT2D eigenvalue weighted by molar-refractivity contribution is 7.80. The molecule has 6 heteroatoms. The van der Waals surface area contributed by atoms with Gasteiger partial charge in [-0.2, -0.15) is 5.10 Å². The molecule has 0 bridgehead atoms. The zero-order valence-corrected chi connectivity index (χ0v) is 12.7. The molecule has 0 saturated heterocycles. The fraction of sp³-hybridized carbons (Fsp3) is 0.133. The van der Waals surface area contributed by atoms with Crippen molar-refractivity contribution in [2.24, 2.45) is 10.8 Å². The van der Waals surface area contributed by atoms with Crippen LogP contribution in [0.25, 0.3) is 0 Å². The first-order valence-electron chi connectivity index (χ1n) is 6.47. The van der Waals surface area contributed by atoms with Crippen LogP contribution >= 0.6 is 23.8 Å². The van der Waals surface area contributed by atoms with Crippen molar-refractivity contribution in [3.63, 3.8) is 0 Å². The smallest absolute Gasteiger partial charge is 0.187 e. The largest absolute Gasteiger partial charge is 0.375 e. The molecule has 2 N–H and O–H groups in total. The van der Waals surface area contributed by atoms with Crippen molar-refractivity contribution in [2.75, 3.05) is 0 Å². The van der Waals surface area contributed by atoms with Crippen molar-refractivity contribution in [2.45, 2.75) is 12.5 Å². The summed E-state index contributed by atoms with van der Waals surface area (Å²) < 4.78 is 0. The molecule has 1 aromatic carbocycles. The molecule has 3 rings (SSSR count). The summed E-state index contributed by atoms with van der Waals surface area (Å²) in [5.41, 5.74) is 8.80. The molecular formula is C15H13ClN4S. The van der Waals surface area contributed by atoms with E-state index in [2.05, 4.69) is 10.1 Å². The van der Waals surface area contributed by atoms with Gasteiger partial charge in [-0.05, 0) is 41.5 Å². The summed E-state index contributed by atoms with van der Waals surface area (Å²) in [6, 6.07) is 11.5. The number of halogens is 1. The number of benzene rings is 1. The van der Waals surface area contributed by atoms with E-state index in [4.69, 9.17) is 29.6 Å². The van der Waals surface area contributed by atoms with Crippen LogP contribution in [0.15, 0.2) is 53.9 Å². The lowest BCUT2D eigenvalue weighted by Crippen LogP contribution is -2.31. The Kier molecular flexibility index (Phi) is 3.86. The van der Waals surface area contributed by atoms with Gasteiger partial charge < -0.3 is 5.73 Å². The van der Waals surface area contributed by atoms with E-state index >= 15 is 0 Å². The second-order valence-electron chi connectivity index (χ2n) is 4.74. The zero-order chi connectivity index (χ0) is 14.8. The van der Waals surface area contributed by atoms with Gasteiger partial charge in [0.15, 0.2) is 5.11 Å². The van der Waals surface area contributed by atoms with Gasteiger partial charge in [0.25, 0.3) is 0 Å². The average molecular weight is 317 g/mol. The lowest BCUT2D eigenvalue weighted by atomic mass is 10.00. The Hall–Kier alpha value is -1.98. The second kappa shape index (κ2) is 5.79. The van der Waals surface area contributed by atoms with Crippen molar-refractivity contribution in [1.82, 2.24) is 9.99 Å². The Balaban J connectivity index is 1.93. The summed E-state index contributed by atoms with van der Waals surface area (Å²) in [5.74, 6) is 0. The summed E-state index contributed by atoms with van der Waals surface area (Å²) in [5, 5.41) is 7.19. The van der Waals surface area contributed by atoms with Crippen LogP contribution in [0.1, 0.15) is 23.6 Å². The Bertz CT molecular complexity index is 685. The summed E-state index contributed by atoms with van der Waals surface area (Å²) in [6.45, 7) is 0. The predicted octanol–water partition coefficient (Wildman–Crippen LogP) is 3.13. The fourth-order valence-corrected chi connectivity index (χ4v) is 2.66. The van der Waals surface area contributed by atoms with Crippen molar-refractivity contribution in [3.8, 4) is 0 Å². The van der Waals surface area contributed by atoms with Crippen LogP contribution in [0, 0.1) is 0 Å². The Morgan fingerprint density at radius 2 is 2.05 bits per heavy atom. The summed E-state index contributed by atoms with van der Waals surface area (Å²) in [6.07, 6.45) is 4.28. The molecule has 0 saturated carbocycles. The first-order chi connectivity index (χ1) is 10.1. The zero-order valence-electron chi connectivity index (χ0n) is 11.1. The van der Waals surface area contributed by atoms with Crippen molar-refractivity contribution in [1.29, 1.82) is 0 Å². The minimum Gasteiger partial charge on any atom is -0.375 e. The molecule has 1 aliphatic heterocycles. The maximum atomic E-state index is 5.92. The lowest BCUT2D eigenvalue weighted by molar-refractivity contribution is 0.372. The first-order valence-corrected chi connectivity index (χ1v) is 7.26. The van der Waals surface area contributed by atoms with Crippen LogP contribution < -0.4 is 5.73 Å². The SMILES string of the molecule is NC(=S)N1N=C(c2ccc(Cl)cc2)C[C@@H]1c1cccnc1. The van der Waals surface area contributed by atoms with E-state index in [-0.39, 0.29) is 11.2 Å². The van der Waals surface area contributed by atoms with Crippen molar-refractivity contribution >= 4 is 34.6 Å². The van der Waals surface area contributed by atoms with Crippen LogP contribution in [-0.4, -0.2) is 20.8 Å². The Morgan fingerprint density at radius 1 is 1.29 bits per heavy atom.